The average Bonchev–Trinajstić information content (AvgIpc) is 2.46. The number of halogens is 1. The van der Waals surface area contributed by atoms with Crippen LogP contribution >= 0.6 is 19.9 Å². The Kier molecular flexibility index (Phi) is 11.2. The number of carbonyl (C=O) groups excluding carboxylic acids is 1. The van der Waals surface area contributed by atoms with Crippen LogP contribution < -0.4 is 9.26 Å². The van der Waals surface area contributed by atoms with Crippen LogP contribution in [-0.4, -0.2) is 12.6 Å². The fraction of sp³-hybridized carbons (Fsp3) is 0.400. The lowest BCUT2D eigenvalue weighted by molar-refractivity contribution is -0.131. The summed E-state index contributed by atoms with van der Waals surface area (Å²) in [4.78, 5) is 10.5. The average molecular weight is 348 g/mol. The Morgan fingerprint density at radius 3 is 2.45 bits per heavy atom. The number of benzene rings is 1. The van der Waals surface area contributed by atoms with Gasteiger partial charge in [-0.1, -0.05) is 50.9 Å². The second kappa shape index (κ2) is 12.0. The van der Waals surface area contributed by atoms with Crippen molar-refractivity contribution in [3.63, 3.8) is 0 Å². The van der Waals surface area contributed by atoms with Gasteiger partial charge in [-0.25, -0.2) is 9.32 Å². The minimum absolute atomic E-state index is 0.216. The SMILES string of the molecule is C=CCOc1ccc(O[P+](=O)OC(C)=O)cc1Cl.CCCC. The molecule has 0 amide bonds. The number of carbonyl (C=O) groups is 1. The maximum atomic E-state index is 11.2. The van der Waals surface area contributed by atoms with Crippen molar-refractivity contribution in [1.82, 2.24) is 0 Å². The Labute approximate surface area is 137 Å². The Hall–Kier alpha value is -1.58. The summed E-state index contributed by atoms with van der Waals surface area (Å²) >= 11 is 5.91. The lowest BCUT2D eigenvalue weighted by atomic mass is 10.3. The molecule has 1 unspecified atom stereocenters. The fourth-order valence-electron chi connectivity index (χ4n) is 1.01. The van der Waals surface area contributed by atoms with E-state index in [1.165, 1.54) is 25.0 Å². The second-order valence-electron chi connectivity index (χ2n) is 4.09. The van der Waals surface area contributed by atoms with E-state index in [1.54, 1.807) is 12.1 Å². The molecule has 0 bridgehead atoms. The van der Waals surface area contributed by atoms with Crippen molar-refractivity contribution >= 4 is 25.8 Å². The largest absolute Gasteiger partial charge is 0.808 e. The van der Waals surface area contributed by atoms with E-state index in [2.05, 4.69) is 25.0 Å². The van der Waals surface area contributed by atoms with Gasteiger partial charge < -0.3 is 4.74 Å². The first-order valence-corrected chi connectivity index (χ1v) is 8.28. The molecular weight excluding hydrogens is 327 g/mol. The zero-order chi connectivity index (χ0) is 17.0. The van der Waals surface area contributed by atoms with Crippen molar-refractivity contribution in [2.24, 2.45) is 0 Å². The van der Waals surface area contributed by atoms with Crippen molar-refractivity contribution in [3.05, 3.63) is 35.9 Å². The van der Waals surface area contributed by atoms with Crippen LogP contribution in [0.5, 0.6) is 11.5 Å². The summed E-state index contributed by atoms with van der Waals surface area (Å²) < 4.78 is 25.7. The molecule has 0 fully saturated rings. The van der Waals surface area contributed by atoms with E-state index in [1.807, 2.05) is 0 Å². The lowest BCUT2D eigenvalue weighted by Crippen LogP contribution is -1.95. The van der Waals surface area contributed by atoms with Crippen LogP contribution in [0.3, 0.4) is 0 Å². The molecular formula is C15H21ClO5P+. The molecule has 0 N–H and O–H groups in total. The third-order valence-electron chi connectivity index (χ3n) is 2.14. The summed E-state index contributed by atoms with van der Waals surface area (Å²) in [5.74, 6) is -0.0203. The molecule has 5 nitrogen and oxygen atoms in total. The minimum atomic E-state index is -2.54. The van der Waals surface area contributed by atoms with Gasteiger partial charge in [-0.2, -0.15) is 4.52 Å². The molecule has 0 saturated heterocycles. The standard InChI is InChI=1S/C11H11ClO5P.C4H10/c1-3-6-15-11-5-4-9(7-10(11)12)17-18(14)16-8(2)13;1-3-4-2/h3-5,7H,1,6H2,2H3;3-4H2,1-2H3/q+1;. The lowest BCUT2D eigenvalue weighted by Gasteiger charge is -2.05. The van der Waals surface area contributed by atoms with Crippen LogP contribution in [0.25, 0.3) is 0 Å². The topological polar surface area (TPSA) is 61.8 Å². The first-order chi connectivity index (χ1) is 10.4. The summed E-state index contributed by atoms with van der Waals surface area (Å²) in [6, 6.07) is 4.47. The van der Waals surface area contributed by atoms with Crippen molar-refractivity contribution in [3.8, 4) is 11.5 Å². The third kappa shape index (κ3) is 9.37. The van der Waals surface area contributed by atoms with Gasteiger partial charge in [0.25, 0.3) is 0 Å². The number of ether oxygens (including phenoxy) is 1. The Morgan fingerprint density at radius 2 is 2.00 bits per heavy atom. The van der Waals surface area contributed by atoms with E-state index in [0.717, 1.165) is 6.92 Å². The molecule has 0 radical (unpaired) electrons. The second-order valence-corrected chi connectivity index (χ2v) is 5.31. The molecule has 0 saturated carbocycles. The summed E-state index contributed by atoms with van der Waals surface area (Å²) in [6.45, 7) is 9.33. The molecule has 0 aliphatic rings. The van der Waals surface area contributed by atoms with Gasteiger partial charge in [-0.15, -0.1) is 0 Å². The monoisotopic (exact) mass is 347 g/mol. The van der Waals surface area contributed by atoms with E-state index in [-0.39, 0.29) is 5.75 Å². The zero-order valence-electron chi connectivity index (χ0n) is 13.0. The molecule has 0 aliphatic carbocycles. The first kappa shape index (κ1) is 20.4. The number of rotatable bonds is 7. The van der Waals surface area contributed by atoms with Gasteiger partial charge in [0.2, 0.25) is 0 Å². The highest BCUT2D eigenvalue weighted by molar-refractivity contribution is 7.34. The van der Waals surface area contributed by atoms with Crippen LogP contribution in [0.15, 0.2) is 30.9 Å². The van der Waals surface area contributed by atoms with E-state index < -0.39 is 14.2 Å². The molecule has 1 aromatic carbocycles. The summed E-state index contributed by atoms with van der Waals surface area (Å²) in [5.41, 5.74) is 0. The van der Waals surface area contributed by atoms with Crippen LogP contribution in [0.4, 0.5) is 0 Å². The van der Waals surface area contributed by atoms with Crippen molar-refractivity contribution in [2.75, 3.05) is 6.61 Å². The highest BCUT2D eigenvalue weighted by Crippen LogP contribution is 2.34. The predicted molar refractivity (Wildman–Crippen MR) is 87.7 cm³/mol. The fourth-order valence-corrected chi connectivity index (χ4v) is 1.77. The maximum Gasteiger partial charge on any atom is 0.808 e. The van der Waals surface area contributed by atoms with E-state index in [4.69, 9.17) is 20.9 Å². The smallest absolute Gasteiger partial charge is 0.488 e. The van der Waals surface area contributed by atoms with Crippen LogP contribution in [-0.2, 0) is 13.9 Å². The quantitative estimate of drug-likeness (QED) is 0.494. The van der Waals surface area contributed by atoms with E-state index >= 15 is 0 Å². The maximum absolute atomic E-state index is 11.2. The van der Waals surface area contributed by atoms with Crippen LogP contribution in [0, 0.1) is 0 Å². The highest BCUT2D eigenvalue weighted by Gasteiger charge is 2.26. The summed E-state index contributed by atoms with van der Waals surface area (Å²) in [5, 5.41) is 0.292. The normalized spacial score (nSPS) is 9.91. The first-order valence-electron chi connectivity index (χ1n) is 6.81. The molecule has 0 aliphatic heterocycles. The van der Waals surface area contributed by atoms with Gasteiger partial charge in [0, 0.05) is 17.6 Å². The van der Waals surface area contributed by atoms with Crippen LogP contribution in [0.1, 0.15) is 33.6 Å². The number of unbranched alkanes of at least 4 members (excludes halogenated alkanes) is 1. The highest BCUT2D eigenvalue weighted by atomic mass is 35.5. The van der Waals surface area contributed by atoms with Crippen LogP contribution in [0.2, 0.25) is 5.02 Å². The number of hydrogen-bond donors (Lipinski definition) is 0. The van der Waals surface area contributed by atoms with Gasteiger partial charge >= 0.3 is 14.2 Å². The van der Waals surface area contributed by atoms with Gasteiger partial charge in [0.05, 0.1) is 5.02 Å². The Balaban J connectivity index is 0.000000980. The summed E-state index contributed by atoms with van der Waals surface area (Å²) in [6.07, 6.45) is 4.22. The van der Waals surface area contributed by atoms with Crippen molar-refractivity contribution in [2.45, 2.75) is 33.6 Å². The molecule has 7 heteroatoms. The van der Waals surface area contributed by atoms with E-state index in [9.17, 15) is 9.36 Å². The van der Waals surface area contributed by atoms with Gasteiger partial charge in [-0.05, 0) is 12.1 Å². The van der Waals surface area contributed by atoms with Gasteiger partial charge in [-0.3, -0.25) is 0 Å². The molecule has 1 aromatic rings. The molecule has 1 atom stereocenters. The van der Waals surface area contributed by atoms with Gasteiger partial charge in [0.1, 0.15) is 12.4 Å². The van der Waals surface area contributed by atoms with E-state index in [0.29, 0.717) is 17.4 Å². The molecule has 0 aromatic heterocycles. The Bertz CT molecular complexity index is 503. The third-order valence-corrected chi connectivity index (χ3v) is 3.20. The molecule has 0 spiro atoms. The Morgan fingerprint density at radius 1 is 1.36 bits per heavy atom. The predicted octanol–water partition coefficient (Wildman–Crippen LogP) is 5.31. The van der Waals surface area contributed by atoms with Crippen molar-refractivity contribution < 1.29 is 23.1 Å². The minimum Gasteiger partial charge on any atom is -0.488 e. The molecule has 0 heterocycles. The molecule has 1 rings (SSSR count). The molecule has 22 heavy (non-hydrogen) atoms. The molecule has 122 valence electrons. The summed E-state index contributed by atoms with van der Waals surface area (Å²) in [7, 11) is -2.54. The van der Waals surface area contributed by atoms with Crippen molar-refractivity contribution in [1.29, 1.82) is 0 Å². The zero-order valence-corrected chi connectivity index (χ0v) is 14.7. The number of hydrogen-bond acceptors (Lipinski definition) is 5. The van der Waals surface area contributed by atoms with Gasteiger partial charge in [0.15, 0.2) is 5.75 Å².